The first-order valence-corrected chi connectivity index (χ1v) is 4.37. The Labute approximate surface area is 76.3 Å². The molecule has 0 aromatic carbocycles. The second kappa shape index (κ2) is 4.59. The Morgan fingerprint density at radius 2 is 2.23 bits per heavy atom. The molecule has 5 heteroatoms. The molecule has 2 N–H and O–H groups in total. The standard InChI is InChI=1S/C8H13N3O2/c1-2-3-4-5-6-7(8(9)12)11-13-10-6/h2-5H2,1H3,(H2,9,12). The molecule has 1 aromatic rings. The largest absolute Gasteiger partial charge is 0.364 e. The van der Waals surface area contributed by atoms with Gasteiger partial charge in [-0.05, 0) is 18.0 Å². The number of carbonyl (C=O) groups is 1. The maximum atomic E-state index is 10.8. The van der Waals surface area contributed by atoms with Crippen LogP contribution in [0.15, 0.2) is 4.63 Å². The second-order valence-corrected chi connectivity index (χ2v) is 2.88. The minimum atomic E-state index is -0.576. The first-order valence-electron chi connectivity index (χ1n) is 4.37. The Kier molecular flexibility index (Phi) is 3.42. The SMILES string of the molecule is CCCCCc1nonc1C(N)=O. The fraction of sp³-hybridized carbons (Fsp3) is 0.625. The highest BCUT2D eigenvalue weighted by Gasteiger charge is 2.13. The van der Waals surface area contributed by atoms with Crippen LogP contribution in [-0.4, -0.2) is 16.2 Å². The first kappa shape index (κ1) is 9.70. The number of rotatable bonds is 5. The van der Waals surface area contributed by atoms with Gasteiger partial charge in [-0.15, -0.1) is 0 Å². The highest BCUT2D eigenvalue weighted by atomic mass is 16.6. The van der Waals surface area contributed by atoms with E-state index < -0.39 is 5.91 Å². The van der Waals surface area contributed by atoms with Gasteiger partial charge in [0.25, 0.3) is 5.91 Å². The molecule has 1 amide bonds. The Balaban J connectivity index is 2.55. The molecular weight excluding hydrogens is 170 g/mol. The zero-order valence-electron chi connectivity index (χ0n) is 7.62. The van der Waals surface area contributed by atoms with Gasteiger partial charge >= 0.3 is 0 Å². The molecule has 0 radical (unpaired) electrons. The molecule has 1 heterocycles. The van der Waals surface area contributed by atoms with Gasteiger partial charge in [0, 0.05) is 0 Å². The molecule has 0 aliphatic heterocycles. The highest BCUT2D eigenvalue weighted by Crippen LogP contribution is 2.07. The number of nitrogens with zero attached hydrogens (tertiary/aromatic N) is 2. The number of nitrogens with two attached hydrogens (primary N) is 1. The Hall–Kier alpha value is -1.39. The maximum Gasteiger partial charge on any atom is 0.272 e. The average Bonchev–Trinajstić information content (AvgIpc) is 2.53. The number of hydrogen-bond acceptors (Lipinski definition) is 4. The summed E-state index contributed by atoms with van der Waals surface area (Å²) in [5, 5.41) is 7.06. The van der Waals surface area contributed by atoms with Crippen LogP contribution < -0.4 is 5.73 Å². The summed E-state index contributed by atoms with van der Waals surface area (Å²) in [6, 6.07) is 0. The summed E-state index contributed by atoms with van der Waals surface area (Å²) < 4.78 is 4.44. The van der Waals surface area contributed by atoms with Crippen LogP contribution in [-0.2, 0) is 6.42 Å². The molecule has 0 bridgehead atoms. The van der Waals surface area contributed by atoms with Crippen LogP contribution >= 0.6 is 0 Å². The summed E-state index contributed by atoms with van der Waals surface area (Å²) in [6.07, 6.45) is 3.91. The van der Waals surface area contributed by atoms with Gasteiger partial charge in [0.05, 0.1) is 0 Å². The molecule has 13 heavy (non-hydrogen) atoms. The van der Waals surface area contributed by atoms with E-state index in [1.165, 1.54) is 0 Å². The number of unbranched alkanes of at least 4 members (excludes halogenated alkanes) is 2. The normalized spacial score (nSPS) is 10.2. The van der Waals surface area contributed by atoms with Crippen molar-refractivity contribution in [2.24, 2.45) is 5.73 Å². The van der Waals surface area contributed by atoms with Gasteiger partial charge in [-0.2, -0.15) is 0 Å². The lowest BCUT2D eigenvalue weighted by Gasteiger charge is -1.94. The van der Waals surface area contributed by atoms with Crippen molar-refractivity contribution in [2.45, 2.75) is 32.6 Å². The molecule has 5 nitrogen and oxygen atoms in total. The Morgan fingerprint density at radius 1 is 1.46 bits per heavy atom. The van der Waals surface area contributed by atoms with Crippen LogP contribution in [0, 0.1) is 0 Å². The predicted molar refractivity (Wildman–Crippen MR) is 46.0 cm³/mol. The van der Waals surface area contributed by atoms with Crippen molar-refractivity contribution in [3.05, 3.63) is 11.4 Å². The zero-order valence-corrected chi connectivity index (χ0v) is 7.62. The quantitative estimate of drug-likeness (QED) is 0.687. The van der Waals surface area contributed by atoms with Gasteiger partial charge in [-0.1, -0.05) is 24.9 Å². The lowest BCUT2D eigenvalue weighted by atomic mass is 10.1. The van der Waals surface area contributed by atoms with Gasteiger partial charge in [0.1, 0.15) is 5.69 Å². The van der Waals surface area contributed by atoms with Crippen molar-refractivity contribution in [3.63, 3.8) is 0 Å². The van der Waals surface area contributed by atoms with E-state index in [1.54, 1.807) is 0 Å². The monoisotopic (exact) mass is 183 g/mol. The molecule has 0 atom stereocenters. The minimum absolute atomic E-state index is 0.163. The van der Waals surface area contributed by atoms with E-state index in [-0.39, 0.29) is 5.69 Å². The Morgan fingerprint density at radius 3 is 2.85 bits per heavy atom. The highest BCUT2D eigenvalue weighted by molar-refractivity contribution is 5.91. The second-order valence-electron chi connectivity index (χ2n) is 2.88. The number of aromatic nitrogens is 2. The molecular formula is C8H13N3O2. The molecule has 0 spiro atoms. The van der Waals surface area contributed by atoms with Crippen LogP contribution in [0.4, 0.5) is 0 Å². The number of carbonyl (C=O) groups excluding carboxylic acids is 1. The molecule has 0 saturated heterocycles. The first-order chi connectivity index (χ1) is 6.25. The molecule has 0 saturated carbocycles. The van der Waals surface area contributed by atoms with Crippen LogP contribution in [0.25, 0.3) is 0 Å². The zero-order chi connectivity index (χ0) is 9.68. The topological polar surface area (TPSA) is 82.0 Å². The summed E-state index contributed by atoms with van der Waals surface area (Å²) in [5.74, 6) is -0.576. The molecule has 1 rings (SSSR count). The van der Waals surface area contributed by atoms with Crippen molar-refractivity contribution in [3.8, 4) is 0 Å². The smallest absolute Gasteiger partial charge is 0.272 e. The van der Waals surface area contributed by atoms with Crippen LogP contribution in [0.3, 0.4) is 0 Å². The predicted octanol–water partition coefficient (Wildman–Crippen LogP) is 0.901. The Bertz CT molecular complexity index is 283. The number of hydrogen-bond donors (Lipinski definition) is 1. The van der Waals surface area contributed by atoms with Crippen LogP contribution in [0.5, 0.6) is 0 Å². The van der Waals surface area contributed by atoms with Crippen molar-refractivity contribution >= 4 is 5.91 Å². The van der Waals surface area contributed by atoms with Crippen LogP contribution in [0.2, 0.25) is 0 Å². The van der Waals surface area contributed by atoms with E-state index in [2.05, 4.69) is 21.9 Å². The van der Waals surface area contributed by atoms with Gasteiger partial charge in [0.15, 0.2) is 5.69 Å². The lowest BCUT2D eigenvalue weighted by Crippen LogP contribution is -2.13. The van der Waals surface area contributed by atoms with E-state index in [9.17, 15) is 4.79 Å². The van der Waals surface area contributed by atoms with Crippen molar-refractivity contribution in [2.75, 3.05) is 0 Å². The summed E-state index contributed by atoms with van der Waals surface area (Å²) in [6.45, 7) is 2.11. The summed E-state index contributed by atoms with van der Waals surface area (Å²) in [7, 11) is 0. The van der Waals surface area contributed by atoms with Crippen LogP contribution in [0.1, 0.15) is 42.4 Å². The van der Waals surface area contributed by atoms with Crippen molar-refractivity contribution in [1.82, 2.24) is 10.3 Å². The van der Waals surface area contributed by atoms with Gasteiger partial charge < -0.3 is 5.73 Å². The van der Waals surface area contributed by atoms with E-state index in [0.29, 0.717) is 12.1 Å². The van der Waals surface area contributed by atoms with Gasteiger partial charge in [-0.25, -0.2) is 4.63 Å². The molecule has 0 fully saturated rings. The maximum absolute atomic E-state index is 10.8. The fourth-order valence-corrected chi connectivity index (χ4v) is 1.10. The summed E-state index contributed by atoms with van der Waals surface area (Å²) in [4.78, 5) is 10.8. The molecule has 1 aromatic heterocycles. The van der Waals surface area contributed by atoms with Crippen molar-refractivity contribution < 1.29 is 9.42 Å². The number of aryl methyl sites for hydroxylation is 1. The number of amides is 1. The van der Waals surface area contributed by atoms with Gasteiger partial charge in [-0.3, -0.25) is 4.79 Å². The average molecular weight is 183 g/mol. The molecule has 0 aliphatic carbocycles. The fourth-order valence-electron chi connectivity index (χ4n) is 1.10. The molecule has 0 aliphatic rings. The van der Waals surface area contributed by atoms with E-state index in [4.69, 9.17) is 5.73 Å². The summed E-state index contributed by atoms with van der Waals surface area (Å²) in [5.41, 5.74) is 5.80. The minimum Gasteiger partial charge on any atom is -0.364 e. The van der Waals surface area contributed by atoms with Gasteiger partial charge in [0.2, 0.25) is 0 Å². The van der Waals surface area contributed by atoms with E-state index in [0.717, 1.165) is 19.3 Å². The third-order valence-corrected chi connectivity index (χ3v) is 1.81. The third kappa shape index (κ3) is 2.54. The third-order valence-electron chi connectivity index (χ3n) is 1.81. The van der Waals surface area contributed by atoms with Crippen molar-refractivity contribution in [1.29, 1.82) is 0 Å². The van der Waals surface area contributed by atoms with E-state index >= 15 is 0 Å². The number of primary amides is 1. The molecule has 72 valence electrons. The summed E-state index contributed by atoms with van der Waals surface area (Å²) >= 11 is 0. The van der Waals surface area contributed by atoms with E-state index in [1.807, 2.05) is 0 Å². The lowest BCUT2D eigenvalue weighted by molar-refractivity contribution is 0.0990. The molecule has 0 unspecified atom stereocenters.